The fourth-order valence-electron chi connectivity index (χ4n) is 1.66. The molecule has 0 saturated heterocycles. The van der Waals surface area contributed by atoms with Gasteiger partial charge in [0.05, 0.1) is 0 Å². The van der Waals surface area contributed by atoms with Crippen LogP contribution in [-0.4, -0.2) is 0 Å². The van der Waals surface area contributed by atoms with Crippen LogP contribution < -0.4 is 0 Å². The van der Waals surface area contributed by atoms with E-state index in [-0.39, 0.29) is 0 Å². The Morgan fingerprint density at radius 2 is 1.62 bits per heavy atom. The molecule has 0 aromatic heterocycles. The van der Waals surface area contributed by atoms with Crippen molar-refractivity contribution in [2.75, 3.05) is 0 Å². The summed E-state index contributed by atoms with van der Waals surface area (Å²) in [5.74, 6) is 2.47. The zero-order valence-electron chi connectivity index (χ0n) is 10.0. The van der Waals surface area contributed by atoms with E-state index in [4.69, 9.17) is 0 Å². The van der Waals surface area contributed by atoms with Gasteiger partial charge in [-0.05, 0) is 24.2 Å². The molecule has 2 atom stereocenters. The molecule has 0 aliphatic rings. The largest absolute Gasteiger partial charge is 0.0880 e. The number of hydrogen-bond donors (Lipinski definition) is 0. The lowest BCUT2D eigenvalue weighted by molar-refractivity contribution is 0.341. The van der Waals surface area contributed by atoms with Gasteiger partial charge >= 0.3 is 0 Å². The van der Waals surface area contributed by atoms with Gasteiger partial charge in [-0.1, -0.05) is 59.6 Å². The van der Waals surface area contributed by atoms with E-state index in [1.807, 2.05) is 0 Å². The minimum Gasteiger partial charge on any atom is -0.0880 e. The molecule has 0 amide bonds. The van der Waals surface area contributed by atoms with E-state index in [9.17, 15) is 0 Å². The van der Waals surface area contributed by atoms with Gasteiger partial charge in [0.1, 0.15) is 0 Å². The van der Waals surface area contributed by atoms with Crippen LogP contribution in [0.2, 0.25) is 0 Å². The summed E-state index contributed by atoms with van der Waals surface area (Å²) in [4.78, 5) is 0. The van der Waals surface area contributed by atoms with Crippen LogP contribution in [0.5, 0.6) is 0 Å². The Hall–Kier alpha value is -0.260. The first kappa shape index (κ1) is 12.7. The second-order valence-corrected chi connectivity index (χ2v) is 4.46. The lowest BCUT2D eigenvalue weighted by Crippen LogP contribution is -2.08. The van der Waals surface area contributed by atoms with Crippen molar-refractivity contribution >= 4 is 0 Å². The van der Waals surface area contributed by atoms with Gasteiger partial charge in [0.25, 0.3) is 0 Å². The van der Waals surface area contributed by atoms with Gasteiger partial charge in [-0.2, -0.15) is 0 Å². The van der Waals surface area contributed by atoms with E-state index < -0.39 is 0 Å². The minimum absolute atomic E-state index is 0.703. The molecule has 0 aromatic rings. The SMILES string of the molecule is CCC(C)C(CC)CC=CC(C)C. The molecule has 0 fully saturated rings. The van der Waals surface area contributed by atoms with Crippen molar-refractivity contribution in [3.8, 4) is 0 Å². The predicted molar refractivity (Wildman–Crippen MR) is 61.8 cm³/mol. The smallest absolute Gasteiger partial charge is 0.0290 e. The lowest BCUT2D eigenvalue weighted by Gasteiger charge is -2.19. The predicted octanol–water partition coefficient (Wildman–Crippen LogP) is 4.66. The van der Waals surface area contributed by atoms with E-state index in [2.05, 4.69) is 46.8 Å². The molecule has 0 heterocycles. The third-order valence-corrected chi connectivity index (χ3v) is 2.93. The Bertz CT molecular complexity index is 133. The highest BCUT2D eigenvalue weighted by Crippen LogP contribution is 2.22. The third-order valence-electron chi connectivity index (χ3n) is 2.93. The van der Waals surface area contributed by atoms with Crippen LogP contribution in [0, 0.1) is 17.8 Å². The Morgan fingerprint density at radius 3 is 2.00 bits per heavy atom. The van der Waals surface area contributed by atoms with Crippen molar-refractivity contribution in [3.05, 3.63) is 12.2 Å². The van der Waals surface area contributed by atoms with Gasteiger partial charge in [-0.15, -0.1) is 0 Å². The summed E-state index contributed by atoms with van der Waals surface area (Å²) in [6, 6.07) is 0. The molecule has 0 heteroatoms. The molecular formula is C13H26. The van der Waals surface area contributed by atoms with Crippen molar-refractivity contribution in [2.24, 2.45) is 17.8 Å². The van der Waals surface area contributed by atoms with Crippen LogP contribution in [0.3, 0.4) is 0 Å². The summed E-state index contributed by atoms with van der Waals surface area (Å²) in [6.45, 7) is 11.4. The summed E-state index contributed by atoms with van der Waals surface area (Å²) in [5, 5.41) is 0. The molecule has 0 radical (unpaired) electrons. The van der Waals surface area contributed by atoms with Crippen LogP contribution in [-0.2, 0) is 0 Å². The van der Waals surface area contributed by atoms with E-state index >= 15 is 0 Å². The number of allylic oxidation sites excluding steroid dienone is 2. The van der Waals surface area contributed by atoms with E-state index in [0.29, 0.717) is 5.92 Å². The van der Waals surface area contributed by atoms with E-state index in [0.717, 1.165) is 11.8 Å². The summed E-state index contributed by atoms with van der Waals surface area (Å²) >= 11 is 0. The monoisotopic (exact) mass is 182 g/mol. The fourth-order valence-corrected chi connectivity index (χ4v) is 1.66. The molecule has 0 rings (SSSR count). The van der Waals surface area contributed by atoms with Crippen molar-refractivity contribution in [2.45, 2.75) is 53.9 Å². The summed E-state index contributed by atoms with van der Waals surface area (Å²) < 4.78 is 0. The molecule has 0 bridgehead atoms. The molecule has 0 nitrogen and oxygen atoms in total. The highest BCUT2D eigenvalue weighted by Gasteiger charge is 2.11. The molecule has 0 N–H and O–H groups in total. The fraction of sp³-hybridized carbons (Fsp3) is 0.846. The van der Waals surface area contributed by atoms with Crippen molar-refractivity contribution in [1.29, 1.82) is 0 Å². The molecule has 13 heavy (non-hydrogen) atoms. The van der Waals surface area contributed by atoms with Crippen LogP contribution in [0.25, 0.3) is 0 Å². The van der Waals surface area contributed by atoms with Crippen LogP contribution in [0.1, 0.15) is 53.9 Å². The van der Waals surface area contributed by atoms with Gasteiger partial charge in [-0.3, -0.25) is 0 Å². The van der Waals surface area contributed by atoms with Gasteiger partial charge < -0.3 is 0 Å². The average Bonchev–Trinajstić information content (AvgIpc) is 2.11. The van der Waals surface area contributed by atoms with Crippen LogP contribution in [0.4, 0.5) is 0 Å². The van der Waals surface area contributed by atoms with Crippen LogP contribution >= 0.6 is 0 Å². The normalized spacial score (nSPS) is 16.8. The van der Waals surface area contributed by atoms with E-state index in [1.165, 1.54) is 19.3 Å². The number of hydrogen-bond acceptors (Lipinski definition) is 0. The maximum atomic E-state index is 2.37. The first-order chi connectivity index (χ1) is 6.11. The van der Waals surface area contributed by atoms with Gasteiger partial charge in [0.2, 0.25) is 0 Å². The lowest BCUT2D eigenvalue weighted by atomic mass is 9.87. The van der Waals surface area contributed by atoms with Gasteiger partial charge in [0, 0.05) is 0 Å². The number of rotatable bonds is 6. The Balaban J connectivity index is 3.84. The molecule has 0 saturated carbocycles. The molecule has 0 aromatic carbocycles. The van der Waals surface area contributed by atoms with Gasteiger partial charge in [-0.25, -0.2) is 0 Å². The molecule has 2 unspecified atom stereocenters. The third kappa shape index (κ3) is 5.90. The molecule has 78 valence electrons. The molecule has 0 aliphatic carbocycles. The highest BCUT2D eigenvalue weighted by molar-refractivity contribution is 4.87. The molecule has 0 spiro atoms. The molecule has 0 aliphatic heterocycles. The standard InChI is InChI=1S/C13H26/c1-6-12(5)13(7-2)10-8-9-11(3)4/h8-9,11-13H,6-7,10H2,1-5H3. The summed E-state index contributed by atoms with van der Waals surface area (Å²) in [7, 11) is 0. The molecular weight excluding hydrogens is 156 g/mol. The first-order valence-electron chi connectivity index (χ1n) is 5.78. The minimum atomic E-state index is 0.703. The van der Waals surface area contributed by atoms with Crippen molar-refractivity contribution < 1.29 is 0 Å². The second kappa shape index (κ2) is 7.17. The van der Waals surface area contributed by atoms with E-state index in [1.54, 1.807) is 0 Å². The van der Waals surface area contributed by atoms with Gasteiger partial charge in [0.15, 0.2) is 0 Å². The van der Waals surface area contributed by atoms with Crippen LogP contribution in [0.15, 0.2) is 12.2 Å². The zero-order chi connectivity index (χ0) is 10.3. The topological polar surface area (TPSA) is 0 Å². The Morgan fingerprint density at radius 1 is 1.00 bits per heavy atom. The second-order valence-electron chi connectivity index (χ2n) is 4.46. The maximum absolute atomic E-state index is 2.37. The highest BCUT2D eigenvalue weighted by atomic mass is 14.2. The zero-order valence-corrected chi connectivity index (χ0v) is 10.0. The van der Waals surface area contributed by atoms with Crippen molar-refractivity contribution in [3.63, 3.8) is 0 Å². The Labute approximate surface area is 84.4 Å². The summed E-state index contributed by atoms with van der Waals surface area (Å²) in [5.41, 5.74) is 0. The summed E-state index contributed by atoms with van der Waals surface area (Å²) in [6.07, 6.45) is 8.59. The Kier molecular flexibility index (Phi) is 7.03. The average molecular weight is 182 g/mol. The quantitative estimate of drug-likeness (QED) is 0.524. The maximum Gasteiger partial charge on any atom is -0.0290 e. The van der Waals surface area contributed by atoms with Crippen molar-refractivity contribution in [1.82, 2.24) is 0 Å². The first-order valence-corrected chi connectivity index (χ1v) is 5.78.